The number of benzene rings is 2. The quantitative estimate of drug-likeness (QED) is 0.582. The third-order valence-electron chi connectivity index (χ3n) is 2.91. The van der Waals surface area contributed by atoms with Crippen LogP contribution in [0.4, 0.5) is 0 Å². The first-order valence-electron chi connectivity index (χ1n) is 6.16. The summed E-state index contributed by atoms with van der Waals surface area (Å²) in [6.07, 6.45) is 0. The fourth-order valence-corrected chi connectivity index (χ4v) is 2.05. The zero-order valence-electron chi connectivity index (χ0n) is 11.4. The van der Waals surface area contributed by atoms with E-state index in [0.717, 1.165) is 11.3 Å². The lowest BCUT2D eigenvalue weighted by molar-refractivity contribution is 0.0921. The van der Waals surface area contributed by atoms with Gasteiger partial charge in [0.25, 0.3) is 0 Å². The van der Waals surface area contributed by atoms with Crippen LogP contribution < -0.4 is 9.47 Å². The Hall–Kier alpha value is -1.56. The van der Waals surface area contributed by atoms with Gasteiger partial charge in [0.1, 0.15) is 11.5 Å². The van der Waals surface area contributed by atoms with Gasteiger partial charge >= 0.3 is 0 Å². The lowest BCUT2D eigenvalue weighted by Gasteiger charge is -2.07. The van der Waals surface area contributed by atoms with Crippen LogP contribution in [0.2, 0.25) is 0 Å². The van der Waals surface area contributed by atoms with E-state index in [-0.39, 0.29) is 12.4 Å². The number of Topliss-reactive ketones (excluding diaryl/α,β-unsaturated/α-hetero) is 1. The number of halogens is 1. The van der Waals surface area contributed by atoms with Crippen molar-refractivity contribution in [2.24, 2.45) is 0 Å². The van der Waals surface area contributed by atoms with Crippen molar-refractivity contribution in [1.82, 2.24) is 0 Å². The zero-order chi connectivity index (χ0) is 14.5. The highest BCUT2D eigenvalue weighted by atomic mass is 127. The third-order valence-corrected chi connectivity index (χ3v) is 4.12. The van der Waals surface area contributed by atoms with Crippen LogP contribution in [-0.4, -0.2) is 19.5 Å². The van der Waals surface area contributed by atoms with Crippen molar-refractivity contribution in [3.8, 4) is 11.5 Å². The second-order valence-electron chi connectivity index (χ2n) is 4.35. The van der Waals surface area contributed by atoms with Crippen LogP contribution in [-0.2, 0) is 0 Å². The number of methoxy groups -OCH3 is 1. The number of ether oxygens (including phenoxy) is 2. The average Bonchev–Trinajstić information content (AvgIpc) is 2.48. The van der Waals surface area contributed by atoms with Crippen LogP contribution in [0.5, 0.6) is 11.5 Å². The molecule has 0 bridgehead atoms. The summed E-state index contributed by atoms with van der Waals surface area (Å²) < 4.78 is 11.8. The second kappa shape index (κ2) is 6.74. The number of carbonyl (C=O) groups is 1. The molecule has 2 aromatic carbocycles. The maximum absolute atomic E-state index is 12.0. The van der Waals surface area contributed by atoms with E-state index >= 15 is 0 Å². The fraction of sp³-hybridized carbons (Fsp3) is 0.188. The van der Waals surface area contributed by atoms with Crippen LogP contribution in [0.25, 0.3) is 0 Å². The van der Waals surface area contributed by atoms with Crippen molar-refractivity contribution in [2.45, 2.75) is 6.92 Å². The monoisotopic (exact) mass is 382 g/mol. The van der Waals surface area contributed by atoms with Gasteiger partial charge in [-0.05, 0) is 77.5 Å². The molecule has 0 heterocycles. The standard InChI is InChI=1S/C16H15IO3/c1-11-9-14(7-8-15(11)17)20-10-16(18)12-3-5-13(19-2)6-4-12/h3-9H,10H2,1-2H3. The Kier molecular flexibility index (Phi) is 5.00. The predicted molar refractivity (Wildman–Crippen MR) is 86.7 cm³/mol. The Labute approximate surface area is 132 Å². The highest BCUT2D eigenvalue weighted by Crippen LogP contribution is 2.19. The van der Waals surface area contributed by atoms with E-state index in [2.05, 4.69) is 22.6 Å². The van der Waals surface area contributed by atoms with Gasteiger partial charge in [-0.1, -0.05) is 0 Å². The molecule has 0 fully saturated rings. The first-order chi connectivity index (χ1) is 9.60. The molecule has 0 aliphatic heterocycles. The number of hydrogen-bond donors (Lipinski definition) is 0. The summed E-state index contributed by atoms with van der Waals surface area (Å²) in [7, 11) is 1.60. The highest BCUT2D eigenvalue weighted by Gasteiger charge is 2.07. The Morgan fingerprint density at radius 3 is 2.35 bits per heavy atom. The summed E-state index contributed by atoms with van der Waals surface area (Å²) in [6.45, 7) is 2.05. The van der Waals surface area contributed by atoms with Crippen LogP contribution in [0.3, 0.4) is 0 Å². The van der Waals surface area contributed by atoms with Gasteiger partial charge in [0.05, 0.1) is 7.11 Å². The normalized spacial score (nSPS) is 10.2. The SMILES string of the molecule is COc1ccc(C(=O)COc2ccc(I)c(C)c2)cc1. The van der Waals surface area contributed by atoms with Gasteiger partial charge in [0.2, 0.25) is 0 Å². The Morgan fingerprint density at radius 1 is 1.10 bits per heavy atom. The molecular weight excluding hydrogens is 367 g/mol. The van der Waals surface area contributed by atoms with Gasteiger partial charge in [-0.2, -0.15) is 0 Å². The molecular formula is C16H15IO3. The lowest BCUT2D eigenvalue weighted by atomic mass is 10.1. The summed E-state index contributed by atoms with van der Waals surface area (Å²) in [5.41, 5.74) is 1.76. The van der Waals surface area contributed by atoms with Crippen molar-refractivity contribution in [2.75, 3.05) is 13.7 Å². The van der Waals surface area contributed by atoms with Gasteiger partial charge in [-0.3, -0.25) is 4.79 Å². The van der Waals surface area contributed by atoms with Gasteiger partial charge in [-0.15, -0.1) is 0 Å². The van der Waals surface area contributed by atoms with E-state index in [1.807, 2.05) is 25.1 Å². The topological polar surface area (TPSA) is 35.5 Å². The van der Waals surface area contributed by atoms with Crippen LogP contribution in [0.1, 0.15) is 15.9 Å². The summed E-state index contributed by atoms with van der Waals surface area (Å²) in [6, 6.07) is 12.8. The Balaban J connectivity index is 1.98. The molecule has 4 heteroatoms. The van der Waals surface area contributed by atoms with E-state index in [1.54, 1.807) is 31.4 Å². The summed E-state index contributed by atoms with van der Waals surface area (Å²) in [4.78, 5) is 12.0. The van der Waals surface area contributed by atoms with E-state index in [0.29, 0.717) is 11.3 Å². The van der Waals surface area contributed by atoms with Crippen molar-refractivity contribution < 1.29 is 14.3 Å². The largest absolute Gasteiger partial charge is 0.497 e. The molecule has 0 amide bonds. The molecule has 0 radical (unpaired) electrons. The smallest absolute Gasteiger partial charge is 0.200 e. The minimum absolute atomic E-state index is 0.0341. The molecule has 0 saturated heterocycles. The number of hydrogen-bond acceptors (Lipinski definition) is 3. The molecule has 0 spiro atoms. The molecule has 0 atom stereocenters. The van der Waals surface area contributed by atoms with E-state index in [9.17, 15) is 4.79 Å². The molecule has 2 aromatic rings. The molecule has 0 N–H and O–H groups in total. The molecule has 20 heavy (non-hydrogen) atoms. The van der Waals surface area contributed by atoms with E-state index in [1.165, 1.54) is 3.57 Å². The van der Waals surface area contributed by atoms with Gasteiger partial charge in [-0.25, -0.2) is 0 Å². The molecule has 0 aliphatic rings. The Bertz CT molecular complexity index is 606. The van der Waals surface area contributed by atoms with Crippen LogP contribution in [0, 0.1) is 10.5 Å². The first-order valence-corrected chi connectivity index (χ1v) is 7.24. The molecule has 0 unspecified atom stereocenters. The van der Waals surface area contributed by atoms with Gasteiger partial charge < -0.3 is 9.47 Å². The van der Waals surface area contributed by atoms with Gasteiger partial charge in [0, 0.05) is 9.13 Å². The van der Waals surface area contributed by atoms with Crippen molar-refractivity contribution in [3.05, 3.63) is 57.2 Å². The number of ketones is 1. The average molecular weight is 382 g/mol. The lowest BCUT2D eigenvalue weighted by Crippen LogP contribution is -2.11. The second-order valence-corrected chi connectivity index (χ2v) is 5.51. The minimum atomic E-state index is -0.0520. The highest BCUT2D eigenvalue weighted by molar-refractivity contribution is 14.1. The van der Waals surface area contributed by atoms with Crippen molar-refractivity contribution in [1.29, 1.82) is 0 Å². The van der Waals surface area contributed by atoms with E-state index in [4.69, 9.17) is 9.47 Å². The summed E-state index contributed by atoms with van der Waals surface area (Å²) in [5.74, 6) is 1.39. The fourth-order valence-electron chi connectivity index (χ4n) is 1.72. The molecule has 2 rings (SSSR count). The number of rotatable bonds is 5. The van der Waals surface area contributed by atoms with E-state index < -0.39 is 0 Å². The molecule has 104 valence electrons. The molecule has 0 aromatic heterocycles. The first kappa shape index (κ1) is 14.8. The predicted octanol–water partition coefficient (Wildman–Crippen LogP) is 3.87. The third kappa shape index (κ3) is 3.72. The number of aryl methyl sites for hydroxylation is 1. The summed E-state index contributed by atoms with van der Waals surface area (Å²) in [5, 5.41) is 0. The maximum Gasteiger partial charge on any atom is 0.200 e. The number of carbonyl (C=O) groups excluding carboxylic acids is 1. The summed E-state index contributed by atoms with van der Waals surface area (Å²) >= 11 is 2.26. The van der Waals surface area contributed by atoms with Crippen molar-refractivity contribution in [3.63, 3.8) is 0 Å². The minimum Gasteiger partial charge on any atom is -0.497 e. The molecule has 3 nitrogen and oxygen atoms in total. The van der Waals surface area contributed by atoms with Crippen molar-refractivity contribution >= 4 is 28.4 Å². The molecule has 0 aliphatic carbocycles. The zero-order valence-corrected chi connectivity index (χ0v) is 13.5. The van der Waals surface area contributed by atoms with Crippen LogP contribution >= 0.6 is 22.6 Å². The Morgan fingerprint density at radius 2 is 1.75 bits per heavy atom. The maximum atomic E-state index is 12.0. The molecule has 0 saturated carbocycles. The van der Waals surface area contributed by atoms with Gasteiger partial charge in [0.15, 0.2) is 12.4 Å². The van der Waals surface area contributed by atoms with Crippen LogP contribution in [0.15, 0.2) is 42.5 Å².